The van der Waals surface area contributed by atoms with E-state index in [9.17, 15) is 0 Å². The summed E-state index contributed by atoms with van der Waals surface area (Å²) in [5.74, 6) is 1.30. The Balaban J connectivity index is 2.18. The van der Waals surface area contributed by atoms with Crippen LogP contribution in [0, 0.1) is 10.8 Å². The Hall–Kier alpha value is -2.22. The van der Waals surface area contributed by atoms with Crippen LogP contribution in [0.4, 0.5) is 0 Å². The molecule has 1 heterocycles. The minimum Gasteiger partial charge on any atom is -0.379 e. The van der Waals surface area contributed by atoms with Crippen LogP contribution in [0.2, 0.25) is 0 Å². The molecule has 6 N–H and O–H groups in total. The molecule has 0 aliphatic rings. The molecule has 27 heavy (non-hydrogen) atoms. The minimum atomic E-state index is 0.114. The zero-order valence-corrected chi connectivity index (χ0v) is 17.0. The lowest BCUT2D eigenvalue weighted by Crippen LogP contribution is -2.03. The maximum atomic E-state index is 7.58. The number of benzene rings is 2. The smallest absolute Gasteiger partial charge is 0.151 e. The SMILES string of the molecule is N=C(N)SCc1sc(CSC(=N)N)c(-c2ccccc2)c1-c1ccccc1. The van der Waals surface area contributed by atoms with Gasteiger partial charge in [0, 0.05) is 32.4 Å². The lowest BCUT2D eigenvalue weighted by atomic mass is 9.95. The second-order valence-electron chi connectivity index (χ2n) is 5.74. The summed E-state index contributed by atoms with van der Waals surface area (Å²) in [7, 11) is 0. The maximum Gasteiger partial charge on any atom is 0.151 e. The van der Waals surface area contributed by atoms with Crippen molar-refractivity contribution in [3.05, 3.63) is 70.4 Å². The first-order chi connectivity index (χ1) is 13.1. The summed E-state index contributed by atoms with van der Waals surface area (Å²) in [6, 6.07) is 20.6. The third-order valence-corrected chi connectivity index (χ3v) is 6.94. The molecule has 4 nitrogen and oxygen atoms in total. The van der Waals surface area contributed by atoms with E-state index in [-0.39, 0.29) is 10.3 Å². The van der Waals surface area contributed by atoms with Crippen LogP contribution in [0.5, 0.6) is 0 Å². The lowest BCUT2D eigenvalue weighted by Gasteiger charge is -2.10. The molecule has 3 aromatic rings. The number of nitrogens with two attached hydrogens (primary N) is 2. The van der Waals surface area contributed by atoms with Crippen molar-refractivity contribution in [2.45, 2.75) is 11.5 Å². The van der Waals surface area contributed by atoms with Crippen molar-refractivity contribution in [3.8, 4) is 22.3 Å². The fourth-order valence-electron chi connectivity index (χ4n) is 2.84. The number of hydrogen-bond donors (Lipinski definition) is 4. The summed E-state index contributed by atoms with van der Waals surface area (Å²) in [4.78, 5) is 2.36. The number of rotatable bonds is 6. The van der Waals surface area contributed by atoms with Crippen LogP contribution >= 0.6 is 34.9 Å². The third-order valence-electron chi connectivity index (χ3n) is 3.90. The van der Waals surface area contributed by atoms with Crippen LogP contribution in [0.3, 0.4) is 0 Å². The fourth-order valence-corrected chi connectivity index (χ4v) is 5.47. The average molecular weight is 413 g/mol. The molecule has 3 rings (SSSR count). The van der Waals surface area contributed by atoms with Crippen LogP contribution < -0.4 is 11.5 Å². The Labute approximate surface area is 171 Å². The summed E-state index contributed by atoms with van der Waals surface area (Å²) >= 11 is 4.38. The summed E-state index contributed by atoms with van der Waals surface area (Å²) in [5, 5.41) is 15.4. The summed E-state index contributed by atoms with van der Waals surface area (Å²) in [6.07, 6.45) is 0. The van der Waals surface area contributed by atoms with E-state index in [1.807, 2.05) is 36.4 Å². The van der Waals surface area contributed by atoms with Gasteiger partial charge < -0.3 is 11.5 Å². The highest BCUT2D eigenvalue weighted by Crippen LogP contribution is 2.45. The van der Waals surface area contributed by atoms with Crippen molar-refractivity contribution < 1.29 is 0 Å². The Morgan fingerprint density at radius 1 is 0.704 bits per heavy atom. The molecule has 0 aliphatic heterocycles. The minimum absolute atomic E-state index is 0.114. The molecule has 0 spiro atoms. The Morgan fingerprint density at radius 2 is 1.07 bits per heavy atom. The van der Waals surface area contributed by atoms with Crippen molar-refractivity contribution in [2.24, 2.45) is 11.5 Å². The van der Waals surface area contributed by atoms with Crippen LogP contribution in [0.25, 0.3) is 22.3 Å². The highest BCUT2D eigenvalue weighted by atomic mass is 32.2. The van der Waals surface area contributed by atoms with Gasteiger partial charge in [0.2, 0.25) is 0 Å². The number of hydrogen-bond acceptors (Lipinski definition) is 5. The second kappa shape index (κ2) is 9.12. The van der Waals surface area contributed by atoms with Crippen molar-refractivity contribution in [1.82, 2.24) is 0 Å². The van der Waals surface area contributed by atoms with E-state index in [1.165, 1.54) is 44.4 Å². The predicted octanol–water partition coefficient (Wildman–Crippen LogP) is 5.34. The van der Waals surface area contributed by atoms with E-state index in [0.717, 1.165) is 11.1 Å². The summed E-state index contributed by atoms with van der Waals surface area (Å²) in [6.45, 7) is 0. The molecule has 1 aromatic heterocycles. The summed E-state index contributed by atoms with van der Waals surface area (Å²) < 4.78 is 0. The molecule has 0 amide bonds. The van der Waals surface area contributed by atoms with Crippen molar-refractivity contribution >= 4 is 45.2 Å². The van der Waals surface area contributed by atoms with Gasteiger partial charge in [-0.1, -0.05) is 84.2 Å². The topological polar surface area (TPSA) is 99.7 Å². The van der Waals surface area contributed by atoms with Gasteiger partial charge in [0.05, 0.1) is 0 Å². The third kappa shape index (κ3) is 4.94. The van der Waals surface area contributed by atoms with Crippen molar-refractivity contribution in [2.75, 3.05) is 0 Å². The van der Waals surface area contributed by atoms with Crippen LogP contribution in [-0.4, -0.2) is 10.3 Å². The monoisotopic (exact) mass is 412 g/mol. The van der Waals surface area contributed by atoms with Gasteiger partial charge in [0.25, 0.3) is 0 Å². The quantitative estimate of drug-likeness (QED) is 0.324. The molecule has 2 aromatic carbocycles. The zero-order chi connectivity index (χ0) is 19.2. The molecule has 0 saturated carbocycles. The molecule has 0 unspecified atom stereocenters. The highest BCUT2D eigenvalue weighted by molar-refractivity contribution is 8.13. The standard InChI is InChI=1S/C20H20N4S3/c21-19(22)25-11-15-17(13-7-3-1-4-8-13)18(14-9-5-2-6-10-14)16(27-15)12-26-20(23)24/h1-10H,11-12H2,(H3,21,22)(H3,23,24). The molecule has 0 radical (unpaired) electrons. The van der Waals surface area contributed by atoms with Gasteiger partial charge in [-0.25, -0.2) is 0 Å². The molecular formula is C20H20N4S3. The van der Waals surface area contributed by atoms with E-state index < -0.39 is 0 Å². The normalized spacial score (nSPS) is 10.7. The fraction of sp³-hybridized carbons (Fsp3) is 0.100. The van der Waals surface area contributed by atoms with Gasteiger partial charge >= 0.3 is 0 Å². The highest BCUT2D eigenvalue weighted by Gasteiger charge is 2.21. The van der Waals surface area contributed by atoms with E-state index in [0.29, 0.717) is 11.5 Å². The number of nitrogens with one attached hydrogen (secondary N) is 2. The first-order valence-electron chi connectivity index (χ1n) is 8.25. The number of thiophene rings is 1. The van der Waals surface area contributed by atoms with E-state index in [1.54, 1.807) is 11.3 Å². The van der Waals surface area contributed by atoms with Crippen LogP contribution in [0.1, 0.15) is 9.75 Å². The van der Waals surface area contributed by atoms with E-state index >= 15 is 0 Å². The molecule has 138 valence electrons. The van der Waals surface area contributed by atoms with Gasteiger partial charge in [-0.2, -0.15) is 0 Å². The lowest BCUT2D eigenvalue weighted by molar-refractivity contribution is 1.47. The largest absolute Gasteiger partial charge is 0.379 e. The number of amidine groups is 2. The Bertz CT molecular complexity index is 861. The van der Waals surface area contributed by atoms with E-state index in [2.05, 4.69) is 24.3 Å². The van der Waals surface area contributed by atoms with Gasteiger partial charge in [-0.3, -0.25) is 10.8 Å². The average Bonchev–Trinajstić information content (AvgIpc) is 3.04. The van der Waals surface area contributed by atoms with Crippen LogP contribution in [0.15, 0.2) is 60.7 Å². The first-order valence-corrected chi connectivity index (χ1v) is 11.0. The molecule has 0 saturated heterocycles. The van der Waals surface area contributed by atoms with Gasteiger partial charge in [0.1, 0.15) is 0 Å². The predicted molar refractivity (Wildman–Crippen MR) is 122 cm³/mol. The Kier molecular flexibility index (Phi) is 6.60. The molecule has 0 fully saturated rings. The van der Waals surface area contributed by atoms with Crippen LogP contribution in [-0.2, 0) is 11.5 Å². The van der Waals surface area contributed by atoms with Crippen molar-refractivity contribution in [3.63, 3.8) is 0 Å². The molecule has 7 heteroatoms. The first kappa shape index (κ1) is 19.5. The Morgan fingerprint density at radius 3 is 1.41 bits per heavy atom. The molecule has 0 atom stereocenters. The molecular weight excluding hydrogens is 392 g/mol. The van der Waals surface area contributed by atoms with Gasteiger partial charge in [0.15, 0.2) is 10.3 Å². The number of thioether (sulfide) groups is 2. The van der Waals surface area contributed by atoms with E-state index in [4.69, 9.17) is 22.3 Å². The maximum absolute atomic E-state index is 7.58. The molecule has 0 bridgehead atoms. The van der Waals surface area contributed by atoms with Gasteiger partial charge in [-0.05, 0) is 11.1 Å². The zero-order valence-electron chi connectivity index (χ0n) is 14.6. The van der Waals surface area contributed by atoms with Gasteiger partial charge in [-0.15, -0.1) is 11.3 Å². The molecule has 0 aliphatic carbocycles. The summed E-state index contributed by atoms with van der Waals surface area (Å²) in [5.41, 5.74) is 15.8. The second-order valence-corrected chi connectivity index (χ2v) is 8.96. The van der Waals surface area contributed by atoms with Crippen molar-refractivity contribution in [1.29, 1.82) is 10.8 Å².